The van der Waals surface area contributed by atoms with E-state index in [1.165, 1.54) is 0 Å². The monoisotopic (exact) mass is 329 g/mol. The molecule has 0 saturated carbocycles. The highest BCUT2D eigenvalue weighted by molar-refractivity contribution is 6.35. The van der Waals surface area contributed by atoms with Crippen molar-refractivity contribution >= 4 is 35.1 Å². The van der Waals surface area contributed by atoms with Crippen molar-refractivity contribution in [3.63, 3.8) is 0 Å². The zero-order chi connectivity index (χ0) is 15.6. The fourth-order valence-corrected chi connectivity index (χ4v) is 3.06. The molecule has 21 heavy (non-hydrogen) atoms. The molecule has 2 rings (SSSR count). The molecule has 0 radical (unpaired) electrons. The molecule has 1 heterocycles. The summed E-state index contributed by atoms with van der Waals surface area (Å²) in [7, 11) is 0. The van der Waals surface area contributed by atoms with Crippen molar-refractivity contribution in [1.82, 2.24) is 4.90 Å². The zero-order valence-electron chi connectivity index (χ0n) is 11.7. The third-order valence-electron chi connectivity index (χ3n) is 3.81. The second-order valence-corrected chi connectivity index (χ2v) is 6.29. The van der Waals surface area contributed by atoms with E-state index in [0.29, 0.717) is 36.0 Å². The van der Waals surface area contributed by atoms with Crippen LogP contribution in [-0.2, 0) is 16.0 Å². The Kier molecular flexibility index (Phi) is 5.12. The molecule has 0 aliphatic carbocycles. The molecule has 4 nitrogen and oxygen atoms in total. The van der Waals surface area contributed by atoms with Gasteiger partial charge in [0.25, 0.3) is 0 Å². The summed E-state index contributed by atoms with van der Waals surface area (Å²) in [4.78, 5) is 24.9. The Morgan fingerprint density at radius 3 is 2.71 bits per heavy atom. The van der Waals surface area contributed by atoms with Crippen molar-refractivity contribution in [1.29, 1.82) is 0 Å². The minimum atomic E-state index is -0.835. The van der Waals surface area contributed by atoms with Gasteiger partial charge in [0.2, 0.25) is 5.91 Å². The molecule has 114 valence electrons. The Morgan fingerprint density at radius 2 is 2.14 bits per heavy atom. The molecule has 1 amide bonds. The molecule has 6 heteroatoms. The van der Waals surface area contributed by atoms with Crippen LogP contribution in [0.25, 0.3) is 0 Å². The topological polar surface area (TPSA) is 57.6 Å². The number of rotatable bonds is 4. The summed E-state index contributed by atoms with van der Waals surface area (Å²) in [5.74, 6) is -1.54. The van der Waals surface area contributed by atoms with Crippen LogP contribution in [0.4, 0.5) is 0 Å². The van der Waals surface area contributed by atoms with Crippen LogP contribution in [0, 0.1) is 11.8 Å². The molecular formula is C15H17Cl2NO3. The summed E-state index contributed by atoms with van der Waals surface area (Å²) >= 11 is 12.0. The van der Waals surface area contributed by atoms with Gasteiger partial charge in [0, 0.05) is 29.1 Å². The molecular weight excluding hydrogens is 313 g/mol. The number of benzene rings is 1. The number of carbonyl (C=O) groups excluding carboxylic acids is 1. The zero-order valence-corrected chi connectivity index (χ0v) is 13.2. The molecule has 1 saturated heterocycles. The van der Waals surface area contributed by atoms with E-state index in [0.717, 1.165) is 5.56 Å². The van der Waals surface area contributed by atoms with Gasteiger partial charge in [-0.1, -0.05) is 36.2 Å². The maximum atomic E-state index is 12.4. The van der Waals surface area contributed by atoms with Crippen LogP contribution in [0.15, 0.2) is 18.2 Å². The van der Waals surface area contributed by atoms with E-state index in [1.54, 1.807) is 17.0 Å². The van der Waals surface area contributed by atoms with Crippen molar-refractivity contribution < 1.29 is 14.7 Å². The SMILES string of the molecule is C[C@H](Cc1ccc(Cl)cc1Cl)C(=O)N1CC[C@@H](C(=O)O)C1. The molecule has 1 aliphatic rings. The molecule has 1 aromatic rings. The van der Waals surface area contributed by atoms with E-state index in [-0.39, 0.29) is 11.8 Å². The molecule has 0 aromatic heterocycles. The maximum Gasteiger partial charge on any atom is 0.308 e. The van der Waals surface area contributed by atoms with Gasteiger partial charge < -0.3 is 10.0 Å². The maximum absolute atomic E-state index is 12.4. The first-order valence-electron chi connectivity index (χ1n) is 6.84. The van der Waals surface area contributed by atoms with Crippen LogP contribution in [0.3, 0.4) is 0 Å². The Bertz CT molecular complexity index is 562. The predicted octanol–water partition coefficient (Wildman–Crippen LogP) is 3.11. The lowest BCUT2D eigenvalue weighted by atomic mass is 10.00. The van der Waals surface area contributed by atoms with E-state index in [9.17, 15) is 9.59 Å². The fraction of sp³-hybridized carbons (Fsp3) is 0.467. The van der Waals surface area contributed by atoms with Crippen LogP contribution in [0.1, 0.15) is 18.9 Å². The van der Waals surface area contributed by atoms with Crippen LogP contribution in [-0.4, -0.2) is 35.0 Å². The highest BCUT2D eigenvalue weighted by Gasteiger charge is 2.32. The number of nitrogens with zero attached hydrogens (tertiary/aromatic N) is 1. The standard InChI is InChI=1S/C15H17Cl2NO3/c1-9(6-10-2-3-12(16)7-13(10)17)14(19)18-5-4-11(8-18)15(20)21/h2-3,7,9,11H,4-6,8H2,1H3,(H,20,21)/t9-,11-/m1/s1. The van der Waals surface area contributed by atoms with Gasteiger partial charge in [-0.2, -0.15) is 0 Å². The second-order valence-electron chi connectivity index (χ2n) is 5.45. The lowest BCUT2D eigenvalue weighted by Crippen LogP contribution is -2.34. The van der Waals surface area contributed by atoms with Crippen molar-refractivity contribution in [2.75, 3.05) is 13.1 Å². The van der Waals surface area contributed by atoms with Crippen molar-refractivity contribution in [3.8, 4) is 0 Å². The third kappa shape index (κ3) is 3.89. The average Bonchev–Trinajstić information content (AvgIpc) is 2.90. The van der Waals surface area contributed by atoms with Crippen LogP contribution in [0.5, 0.6) is 0 Å². The van der Waals surface area contributed by atoms with Gasteiger partial charge in [0.15, 0.2) is 0 Å². The molecule has 1 aromatic carbocycles. The number of aliphatic carboxylic acids is 1. The van der Waals surface area contributed by atoms with Crippen molar-refractivity contribution in [2.24, 2.45) is 11.8 Å². The van der Waals surface area contributed by atoms with E-state index in [4.69, 9.17) is 28.3 Å². The molecule has 1 fully saturated rings. The number of amides is 1. The summed E-state index contributed by atoms with van der Waals surface area (Å²) in [6.45, 7) is 2.64. The first-order chi connectivity index (χ1) is 9.88. The summed E-state index contributed by atoms with van der Waals surface area (Å²) < 4.78 is 0. The summed E-state index contributed by atoms with van der Waals surface area (Å²) in [6, 6.07) is 5.22. The first kappa shape index (κ1) is 16.1. The third-order valence-corrected chi connectivity index (χ3v) is 4.40. The van der Waals surface area contributed by atoms with Crippen LogP contribution < -0.4 is 0 Å². The van der Waals surface area contributed by atoms with Gasteiger partial charge in [-0.15, -0.1) is 0 Å². The lowest BCUT2D eigenvalue weighted by Gasteiger charge is -2.21. The van der Waals surface area contributed by atoms with Gasteiger partial charge in [-0.3, -0.25) is 9.59 Å². The predicted molar refractivity (Wildman–Crippen MR) is 81.7 cm³/mol. The fourth-order valence-electron chi connectivity index (χ4n) is 2.58. The summed E-state index contributed by atoms with van der Waals surface area (Å²) in [5, 5.41) is 10.1. The van der Waals surface area contributed by atoms with Crippen molar-refractivity contribution in [3.05, 3.63) is 33.8 Å². The van der Waals surface area contributed by atoms with Gasteiger partial charge in [-0.25, -0.2) is 0 Å². The molecule has 2 atom stereocenters. The smallest absolute Gasteiger partial charge is 0.308 e. The number of likely N-dealkylation sites (tertiary alicyclic amines) is 1. The molecule has 0 unspecified atom stereocenters. The highest BCUT2D eigenvalue weighted by atomic mass is 35.5. The number of carboxylic acids is 1. The normalized spacial score (nSPS) is 19.6. The average molecular weight is 330 g/mol. The van der Waals surface area contributed by atoms with E-state index >= 15 is 0 Å². The Labute approximate surface area is 133 Å². The molecule has 0 spiro atoms. The quantitative estimate of drug-likeness (QED) is 0.923. The van der Waals surface area contributed by atoms with Gasteiger partial charge in [0.05, 0.1) is 5.92 Å². The lowest BCUT2D eigenvalue weighted by molar-refractivity contribution is -0.141. The molecule has 0 bridgehead atoms. The second kappa shape index (κ2) is 6.67. The Morgan fingerprint density at radius 1 is 1.43 bits per heavy atom. The molecule has 1 aliphatic heterocycles. The number of hydrogen-bond donors (Lipinski definition) is 1. The minimum absolute atomic E-state index is 0.0234. The number of carboxylic acid groups (broad SMARTS) is 1. The van der Waals surface area contributed by atoms with E-state index in [1.807, 2.05) is 13.0 Å². The van der Waals surface area contributed by atoms with Gasteiger partial charge in [-0.05, 0) is 30.5 Å². The van der Waals surface area contributed by atoms with E-state index in [2.05, 4.69) is 0 Å². The first-order valence-corrected chi connectivity index (χ1v) is 7.59. The molecule has 1 N–H and O–H groups in total. The van der Waals surface area contributed by atoms with Crippen molar-refractivity contribution in [2.45, 2.75) is 19.8 Å². The largest absolute Gasteiger partial charge is 0.481 e. The Balaban J connectivity index is 1.98. The van der Waals surface area contributed by atoms with Crippen LogP contribution >= 0.6 is 23.2 Å². The summed E-state index contributed by atoms with van der Waals surface area (Å²) in [5.41, 5.74) is 0.871. The summed E-state index contributed by atoms with van der Waals surface area (Å²) in [6.07, 6.45) is 1.04. The van der Waals surface area contributed by atoms with E-state index < -0.39 is 11.9 Å². The van der Waals surface area contributed by atoms with Gasteiger partial charge >= 0.3 is 5.97 Å². The number of carbonyl (C=O) groups is 2. The number of halogens is 2. The minimum Gasteiger partial charge on any atom is -0.481 e. The Hall–Kier alpha value is -1.26. The number of hydrogen-bond acceptors (Lipinski definition) is 2. The van der Waals surface area contributed by atoms with Gasteiger partial charge in [0.1, 0.15) is 0 Å². The highest BCUT2D eigenvalue weighted by Crippen LogP contribution is 2.25. The van der Waals surface area contributed by atoms with Crippen LogP contribution in [0.2, 0.25) is 10.0 Å².